The second-order valence-electron chi connectivity index (χ2n) is 6.44. The molecule has 134 valence electrons. The maximum atomic E-state index is 11.6. The summed E-state index contributed by atoms with van der Waals surface area (Å²) in [4.78, 5) is 15.5. The molecule has 0 fully saturated rings. The number of pyridine rings is 1. The number of ether oxygens (including phenoxy) is 2. The molecule has 0 saturated heterocycles. The summed E-state index contributed by atoms with van der Waals surface area (Å²) >= 11 is 0. The molecule has 0 unspecified atom stereocenters. The average molecular weight is 352 g/mol. The number of nitrogens with zero attached hydrogens (tertiary/aromatic N) is 4. The van der Waals surface area contributed by atoms with E-state index in [0.717, 1.165) is 0 Å². The summed E-state index contributed by atoms with van der Waals surface area (Å²) in [6.07, 6.45) is 1.48. The van der Waals surface area contributed by atoms with E-state index < -0.39 is 5.41 Å². The van der Waals surface area contributed by atoms with Gasteiger partial charge >= 0.3 is 5.97 Å². The maximum Gasteiger partial charge on any atom is 0.311 e. The number of esters is 1. The Morgan fingerprint density at radius 1 is 1.08 bits per heavy atom. The number of hydrogen-bond donors (Lipinski definition) is 0. The minimum Gasteiger partial charge on any atom is -0.490 e. The second-order valence-corrected chi connectivity index (χ2v) is 6.44. The largest absolute Gasteiger partial charge is 0.490 e. The molecule has 1 aromatic carbocycles. The summed E-state index contributed by atoms with van der Waals surface area (Å²) in [7, 11) is 0. The fourth-order valence-corrected chi connectivity index (χ4v) is 1.75. The van der Waals surface area contributed by atoms with E-state index in [4.69, 9.17) is 14.7 Å². The van der Waals surface area contributed by atoms with Crippen LogP contribution in [0.5, 0.6) is 5.75 Å². The monoisotopic (exact) mass is 352 g/mol. The average Bonchev–Trinajstić information content (AvgIpc) is 2.64. The fourth-order valence-electron chi connectivity index (χ4n) is 1.75. The van der Waals surface area contributed by atoms with Gasteiger partial charge in [-0.15, -0.1) is 5.11 Å². The summed E-state index contributed by atoms with van der Waals surface area (Å²) < 4.78 is 10.7. The molecule has 0 spiro atoms. The number of hydrogen-bond acceptors (Lipinski definition) is 7. The van der Waals surface area contributed by atoms with E-state index in [9.17, 15) is 4.79 Å². The van der Waals surface area contributed by atoms with Crippen molar-refractivity contribution in [2.75, 3.05) is 13.2 Å². The maximum absolute atomic E-state index is 11.6. The quantitative estimate of drug-likeness (QED) is 0.438. The Kier molecular flexibility index (Phi) is 6.39. The minimum atomic E-state index is -0.517. The van der Waals surface area contributed by atoms with Gasteiger partial charge in [0.25, 0.3) is 0 Å². The van der Waals surface area contributed by atoms with Gasteiger partial charge < -0.3 is 9.47 Å². The predicted molar refractivity (Wildman–Crippen MR) is 95.5 cm³/mol. The molecule has 2 rings (SSSR count). The molecule has 2 aromatic rings. The van der Waals surface area contributed by atoms with Crippen molar-refractivity contribution in [2.45, 2.75) is 20.8 Å². The minimum absolute atomic E-state index is 0.198. The standard InChI is InChI=1S/C19H20N4O3/c1-19(2,3)18(24)26-11-10-25-17-8-6-14(7-9-17)22-23-16-5-4-15(12-20)21-13-16/h4-9,13H,10-11H2,1-3H3/b23-22+. The summed E-state index contributed by atoms with van der Waals surface area (Å²) in [6.45, 7) is 5.88. The highest BCUT2D eigenvalue weighted by Gasteiger charge is 2.22. The van der Waals surface area contributed by atoms with Crippen LogP contribution in [-0.2, 0) is 9.53 Å². The molecule has 0 saturated carbocycles. The van der Waals surface area contributed by atoms with Gasteiger partial charge in [0, 0.05) is 0 Å². The molecule has 0 aliphatic rings. The van der Waals surface area contributed by atoms with Crippen LogP contribution in [0, 0.1) is 16.7 Å². The van der Waals surface area contributed by atoms with Gasteiger partial charge in [-0.2, -0.15) is 10.4 Å². The molecule has 0 atom stereocenters. The summed E-state index contributed by atoms with van der Waals surface area (Å²) in [5.74, 6) is 0.393. The van der Waals surface area contributed by atoms with E-state index in [2.05, 4.69) is 15.2 Å². The Hall–Kier alpha value is -3.27. The van der Waals surface area contributed by atoms with Crippen LogP contribution in [0.1, 0.15) is 26.5 Å². The van der Waals surface area contributed by atoms with Crippen molar-refractivity contribution in [3.63, 3.8) is 0 Å². The first-order valence-corrected chi connectivity index (χ1v) is 8.06. The van der Waals surface area contributed by atoms with E-state index >= 15 is 0 Å². The van der Waals surface area contributed by atoms with Crippen molar-refractivity contribution >= 4 is 17.3 Å². The smallest absolute Gasteiger partial charge is 0.311 e. The van der Waals surface area contributed by atoms with E-state index in [-0.39, 0.29) is 19.2 Å². The van der Waals surface area contributed by atoms with Crippen LogP contribution >= 0.6 is 0 Å². The van der Waals surface area contributed by atoms with Crippen LogP contribution in [-0.4, -0.2) is 24.2 Å². The van der Waals surface area contributed by atoms with Crippen LogP contribution in [0.3, 0.4) is 0 Å². The lowest BCUT2D eigenvalue weighted by Crippen LogP contribution is -2.24. The van der Waals surface area contributed by atoms with Gasteiger partial charge in [-0.3, -0.25) is 4.79 Å². The molecule has 0 radical (unpaired) electrons. The second kappa shape index (κ2) is 8.72. The number of carbonyl (C=O) groups excluding carboxylic acids is 1. The Labute approximate surface area is 152 Å². The molecule has 0 N–H and O–H groups in total. The van der Waals surface area contributed by atoms with Crippen LogP contribution in [0.15, 0.2) is 52.8 Å². The topological polar surface area (TPSA) is 96.9 Å². The molecule has 1 heterocycles. The van der Waals surface area contributed by atoms with Crippen molar-refractivity contribution in [1.82, 2.24) is 4.98 Å². The van der Waals surface area contributed by atoms with E-state index in [1.807, 2.05) is 6.07 Å². The number of carbonyl (C=O) groups is 1. The number of rotatable bonds is 6. The van der Waals surface area contributed by atoms with Crippen LogP contribution in [0.25, 0.3) is 0 Å². The predicted octanol–water partition coefficient (Wildman–Crippen LogP) is 4.34. The molecular weight excluding hydrogens is 332 g/mol. The van der Waals surface area contributed by atoms with Crippen LogP contribution in [0.4, 0.5) is 11.4 Å². The third-order valence-corrected chi connectivity index (χ3v) is 3.18. The third kappa shape index (κ3) is 5.98. The summed E-state index contributed by atoms with van der Waals surface area (Å²) in [6, 6.07) is 12.2. The van der Waals surface area contributed by atoms with Crippen molar-refractivity contribution in [3.05, 3.63) is 48.3 Å². The van der Waals surface area contributed by atoms with E-state index in [1.54, 1.807) is 57.2 Å². The van der Waals surface area contributed by atoms with Crippen molar-refractivity contribution < 1.29 is 14.3 Å². The highest BCUT2D eigenvalue weighted by atomic mass is 16.6. The lowest BCUT2D eigenvalue weighted by Gasteiger charge is -2.16. The molecule has 26 heavy (non-hydrogen) atoms. The number of azo groups is 1. The summed E-state index contributed by atoms with van der Waals surface area (Å²) in [5.41, 5.74) is 1.03. The lowest BCUT2D eigenvalue weighted by atomic mass is 9.97. The molecule has 7 nitrogen and oxygen atoms in total. The van der Waals surface area contributed by atoms with Gasteiger partial charge in [-0.05, 0) is 57.2 Å². The number of aromatic nitrogens is 1. The first-order chi connectivity index (χ1) is 12.4. The van der Waals surface area contributed by atoms with E-state index in [1.165, 1.54) is 6.20 Å². The van der Waals surface area contributed by atoms with Gasteiger partial charge in [0.2, 0.25) is 0 Å². The zero-order valence-electron chi connectivity index (χ0n) is 15.0. The van der Waals surface area contributed by atoms with Gasteiger partial charge in [0.05, 0.1) is 17.3 Å². The van der Waals surface area contributed by atoms with Crippen LogP contribution < -0.4 is 4.74 Å². The van der Waals surface area contributed by atoms with E-state index in [0.29, 0.717) is 22.8 Å². The zero-order valence-corrected chi connectivity index (χ0v) is 15.0. The first-order valence-electron chi connectivity index (χ1n) is 8.06. The highest BCUT2D eigenvalue weighted by Crippen LogP contribution is 2.21. The zero-order chi connectivity index (χ0) is 19.0. The van der Waals surface area contributed by atoms with Crippen molar-refractivity contribution in [3.8, 4) is 11.8 Å². The normalized spacial score (nSPS) is 11.2. The van der Waals surface area contributed by atoms with Crippen molar-refractivity contribution in [1.29, 1.82) is 5.26 Å². The molecule has 0 bridgehead atoms. The number of benzene rings is 1. The Morgan fingerprint density at radius 3 is 2.31 bits per heavy atom. The highest BCUT2D eigenvalue weighted by molar-refractivity contribution is 5.75. The fraction of sp³-hybridized carbons (Fsp3) is 0.316. The summed E-state index contributed by atoms with van der Waals surface area (Å²) in [5, 5.41) is 16.9. The Balaban J connectivity index is 1.81. The van der Waals surface area contributed by atoms with Gasteiger partial charge in [0.1, 0.15) is 36.4 Å². The SMILES string of the molecule is CC(C)(C)C(=O)OCCOc1ccc(/N=N/c2ccc(C#N)nc2)cc1. The van der Waals surface area contributed by atoms with Gasteiger partial charge in [0.15, 0.2) is 0 Å². The van der Waals surface area contributed by atoms with Crippen molar-refractivity contribution in [2.24, 2.45) is 15.6 Å². The molecular formula is C19H20N4O3. The number of nitriles is 1. The lowest BCUT2D eigenvalue weighted by molar-refractivity contribution is -0.153. The van der Waals surface area contributed by atoms with Crippen LogP contribution in [0.2, 0.25) is 0 Å². The van der Waals surface area contributed by atoms with Gasteiger partial charge in [-0.25, -0.2) is 4.98 Å². The van der Waals surface area contributed by atoms with Gasteiger partial charge in [-0.1, -0.05) is 0 Å². The molecule has 1 aromatic heterocycles. The Bertz CT molecular complexity index is 801. The molecule has 0 aliphatic carbocycles. The Morgan fingerprint density at radius 2 is 1.73 bits per heavy atom. The molecule has 0 aliphatic heterocycles. The third-order valence-electron chi connectivity index (χ3n) is 3.18. The molecule has 0 amide bonds. The molecule has 7 heteroatoms. The first kappa shape index (κ1) is 19.1.